The summed E-state index contributed by atoms with van der Waals surface area (Å²) in [4.78, 5) is 14.6. The van der Waals surface area contributed by atoms with Crippen LogP contribution in [0.2, 0.25) is 0 Å². The van der Waals surface area contributed by atoms with Crippen molar-refractivity contribution in [1.82, 2.24) is 0 Å². The van der Waals surface area contributed by atoms with E-state index in [1.807, 2.05) is 53.4 Å². The normalized spacial score (nSPS) is 11.6. The van der Waals surface area contributed by atoms with Crippen LogP contribution in [-0.2, 0) is 11.3 Å². The summed E-state index contributed by atoms with van der Waals surface area (Å²) in [6.45, 7) is 2.34. The first-order valence-electron chi connectivity index (χ1n) is 7.68. The van der Waals surface area contributed by atoms with Crippen LogP contribution in [0.4, 0.5) is 5.69 Å². The van der Waals surface area contributed by atoms with Crippen LogP contribution in [0.25, 0.3) is 0 Å². The second kappa shape index (κ2) is 6.86. The van der Waals surface area contributed by atoms with Gasteiger partial charge in [-0.2, -0.15) is 0 Å². The van der Waals surface area contributed by atoms with E-state index in [1.165, 1.54) is 0 Å². The summed E-state index contributed by atoms with van der Waals surface area (Å²) >= 11 is 0. The van der Waals surface area contributed by atoms with E-state index in [1.54, 1.807) is 6.92 Å². The molecule has 0 radical (unpaired) electrons. The molecule has 0 N–H and O–H groups in total. The molecule has 0 fully saturated rings. The molecule has 2 aromatic carbocycles. The van der Waals surface area contributed by atoms with E-state index in [0.717, 1.165) is 22.4 Å². The minimum atomic E-state index is 0.0821. The topological polar surface area (TPSA) is 20.3 Å². The zero-order valence-electron chi connectivity index (χ0n) is 13.1. The number of carbonyl (C=O) groups is 1. The van der Waals surface area contributed by atoms with Crippen molar-refractivity contribution in [2.75, 3.05) is 4.90 Å². The Labute approximate surface area is 137 Å². The zero-order valence-corrected chi connectivity index (χ0v) is 13.1. The lowest BCUT2D eigenvalue weighted by Gasteiger charge is -2.25. The maximum absolute atomic E-state index is 12.7. The molecule has 0 unspecified atom stereocenters. The van der Waals surface area contributed by atoms with E-state index >= 15 is 0 Å². The standard InChI is InChI=1S/C21H17NO/c1-2-3-4-13-21(23)22-16-19-11-6-5-9-17(19)14-15-18-10-7-8-12-20(18)22/h5-12H,4,13,16H2,1H3. The number of para-hydroxylation sites is 1. The van der Waals surface area contributed by atoms with E-state index in [4.69, 9.17) is 0 Å². The Morgan fingerprint density at radius 3 is 2.61 bits per heavy atom. The molecule has 0 atom stereocenters. The summed E-state index contributed by atoms with van der Waals surface area (Å²) in [5, 5.41) is 0. The number of benzene rings is 2. The van der Waals surface area contributed by atoms with Gasteiger partial charge in [0.25, 0.3) is 0 Å². The van der Waals surface area contributed by atoms with Crippen molar-refractivity contribution >= 4 is 11.6 Å². The van der Waals surface area contributed by atoms with E-state index < -0.39 is 0 Å². The quantitative estimate of drug-likeness (QED) is 0.774. The van der Waals surface area contributed by atoms with Gasteiger partial charge in [0.2, 0.25) is 5.91 Å². The molecule has 1 amide bonds. The van der Waals surface area contributed by atoms with Crippen molar-refractivity contribution in [3.8, 4) is 23.7 Å². The van der Waals surface area contributed by atoms with Crippen LogP contribution < -0.4 is 4.90 Å². The fourth-order valence-electron chi connectivity index (χ4n) is 2.64. The highest BCUT2D eigenvalue weighted by atomic mass is 16.2. The number of rotatable bonds is 2. The van der Waals surface area contributed by atoms with Crippen LogP contribution in [0.15, 0.2) is 48.5 Å². The Hall–Kier alpha value is -2.97. The fourth-order valence-corrected chi connectivity index (χ4v) is 2.64. The summed E-state index contributed by atoms with van der Waals surface area (Å²) in [6, 6.07) is 15.8. The number of anilines is 1. The lowest BCUT2D eigenvalue weighted by Crippen LogP contribution is -2.31. The highest BCUT2D eigenvalue weighted by Crippen LogP contribution is 2.26. The highest BCUT2D eigenvalue weighted by molar-refractivity contribution is 5.95. The average Bonchev–Trinajstić information content (AvgIpc) is 2.57. The van der Waals surface area contributed by atoms with Crippen molar-refractivity contribution in [3.05, 3.63) is 65.2 Å². The van der Waals surface area contributed by atoms with Gasteiger partial charge in [-0.15, -0.1) is 11.8 Å². The maximum atomic E-state index is 12.7. The van der Waals surface area contributed by atoms with E-state index in [9.17, 15) is 4.79 Å². The summed E-state index contributed by atoms with van der Waals surface area (Å²) in [7, 11) is 0. The van der Waals surface area contributed by atoms with Gasteiger partial charge in [0.15, 0.2) is 0 Å². The van der Waals surface area contributed by atoms with Crippen LogP contribution in [-0.4, -0.2) is 5.91 Å². The highest BCUT2D eigenvalue weighted by Gasteiger charge is 2.20. The van der Waals surface area contributed by atoms with Crippen LogP contribution in [0.1, 0.15) is 36.5 Å². The van der Waals surface area contributed by atoms with Gasteiger partial charge in [0.05, 0.1) is 12.2 Å². The van der Waals surface area contributed by atoms with Gasteiger partial charge in [-0.1, -0.05) is 42.2 Å². The van der Waals surface area contributed by atoms with E-state index in [2.05, 4.69) is 23.7 Å². The number of fused-ring (bicyclic) bond motifs is 2. The van der Waals surface area contributed by atoms with Gasteiger partial charge in [0, 0.05) is 24.0 Å². The molecule has 0 aliphatic carbocycles. The first kappa shape index (κ1) is 14.9. The number of amides is 1. The molecular formula is C21H17NO. The van der Waals surface area contributed by atoms with Crippen molar-refractivity contribution in [2.24, 2.45) is 0 Å². The van der Waals surface area contributed by atoms with Crippen LogP contribution in [0.3, 0.4) is 0 Å². The molecule has 3 rings (SSSR count). The third-order valence-electron chi connectivity index (χ3n) is 3.81. The Morgan fingerprint density at radius 1 is 1.09 bits per heavy atom. The lowest BCUT2D eigenvalue weighted by molar-refractivity contribution is -0.118. The average molecular weight is 299 g/mol. The molecule has 2 aromatic rings. The first-order chi connectivity index (χ1) is 11.3. The Bertz CT molecular complexity index is 858. The number of carbonyl (C=O) groups excluding carboxylic acids is 1. The molecule has 0 aromatic heterocycles. The lowest BCUT2D eigenvalue weighted by atomic mass is 10.0. The Kier molecular flexibility index (Phi) is 4.46. The van der Waals surface area contributed by atoms with E-state index in [0.29, 0.717) is 19.4 Å². The SMILES string of the molecule is CC#CCCC(=O)N1Cc2ccccc2C#Cc2ccccc21. The van der Waals surface area contributed by atoms with Crippen molar-refractivity contribution in [3.63, 3.8) is 0 Å². The zero-order chi connectivity index (χ0) is 16.1. The van der Waals surface area contributed by atoms with Gasteiger partial charge in [0.1, 0.15) is 0 Å². The summed E-state index contributed by atoms with van der Waals surface area (Å²) in [6.07, 6.45) is 1.01. The van der Waals surface area contributed by atoms with Crippen molar-refractivity contribution in [1.29, 1.82) is 0 Å². The van der Waals surface area contributed by atoms with Gasteiger partial charge in [-0.05, 0) is 30.7 Å². The monoisotopic (exact) mass is 299 g/mol. The Morgan fingerprint density at radius 2 is 1.78 bits per heavy atom. The molecule has 2 heteroatoms. The molecular weight excluding hydrogens is 282 g/mol. The van der Waals surface area contributed by atoms with Gasteiger partial charge < -0.3 is 4.90 Å². The van der Waals surface area contributed by atoms with Crippen LogP contribution in [0, 0.1) is 23.7 Å². The predicted octanol–water partition coefficient (Wildman–Crippen LogP) is 3.74. The third-order valence-corrected chi connectivity index (χ3v) is 3.81. The minimum Gasteiger partial charge on any atom is -0.307 e. The molecule has 112 valence electrons. The van der Waals surface area contributed by atoms with Crippen molar-refractivity contribution in [2.45, 2.75) is 26.3 Å². The van der Waals surface area contributed by atoms with E-state index in [-0.39, 0.29) is 5.91 Å². The third kappa shape index (κ3) is 3.28. The Balaban J connectivity index is 2.03. The molecule has 1 aliphatic heterocycles. The van der Waals surface area contributed by atoms with Crippen LogP contribution >= 0.6 is 0 Å². The largest absolute Gasteiger partial charge is 0.307 e. The smallest absolute Gasteiger partial charge is 0.228 e. The molecule has 2 nitrogen and oxygen atoms in total. The molecule has 1 aliphatic rings. The second-order valence-electron chi connectivity index (χ2n) is 5.33. The van der Waals surface area contributed by atoms with Gasteiger partial charge >= 0.3 is 0 Å². The maximum Gasteiger partial charge on any atom is 0.228 e. The fraction of sp³-hybridized carbons (Fsp3) is 0.190. The van der Waals surface area contributed by atoms with Gasteiger partial charge in [-0.25, -0.2) is 0 Å². The number of nitrogens with zero attached hydrogens (tertiary/aromatic N) is 1. The molecule has 0 saturated heterocycles. The molecule has 23 heavy (non-hydrogen) atoms. The summed E-state index contributed by atoms with van der Waals surface area (Å²) in [5.41, 5.74) is 3.82. The predicted molar refractivity (Wildman–Crippen MR) is 92.7 cm³/mol. The number of hydrogen-bond acceptors (Lipinski definition) is 1. The molecule has 0 spiro atoms. The molecule has 0 saturated carbocycles. The van der Waals surface area contributed by atoms with Gasteiger partial charge in [-0.3, -0.25) is 4.79 Å². The molecule has 0 bridgehead atoms. The number of hydrogen-bond donors (Lipinski definition) is 0. The first-order valence-corrected chi connectivity index (χ1v) is 7.68. The van der Waals surface area contributed by atoms with Crippen LogP contribution in [0.5, 0.6) is 0 Å². The summed E-state index contributed by atoms with van der Waals surface area (Å²) < 4.78 is 0. The molecule has 1 heterocycles. The minimum absolute atomic E-state index is 0.0821. The summed E-state index contributed by atoms with van der Waals surface area (Å²) in [5.74, 6) is 12.3. The van der Waals surface area contributed by atoms with Crippen molar-refractivity contribution < 1.29 is 4.79 Å². The second-order valence-corrected chi connectivity index (χ2v) is 5.33.